The predicted octanol–water partition coefficient (Wildman–Crippen LogP) is 3.41. The minimum atomic E-state index is 0.156. The molecule has 2 aromatic carbocycles. The van der Waals surface area contributed by atoms with Crippen molar-refractivity contribution in [2.45, 2.75) is 19.3 Å². The molecule has 1 spiro atoms. The fraction of sp³-hybridized carbons (Fsp3) is 0.476. The molecule has 2 heterocycles. The maximum absolute atomic E-state index is 13.2. The Bertz CT molecular complexity index is 804. The van der Waals surface area contributed by atoms with Crippen molar-refractivity contribution in [3.63, 3.8) is 0 Å². The molecule has 4 nitrogen and oxygen atoms in total. The zero-order valence-corrected chi connectivity index (χ0v) is 15.1. The molecule has 2 saturated heterocycles. The van der Waals surface area contributed by atoms with E-state index < -0.39 is 0 Å². The Morgan fingerprint density at radius 3 is 2.60 bits per heavy atom. The van der Waals surface area contributed by atoms with Crippen molar-refractivity contribution < 1.29 is 9.53 Å². The summed E-state index contributed by atoms with van der Waals surface area (Å²) in [7, 11) is 3.87. The van der Waals surface area contributed by atoms with Crippen LogP contribution in [0.5, 0.6) is 5.75 Å². The van der Waals surface area contributed by atoms with Gasteiger partial charge in [-0.15, -0.1) is 0 Å². The van der Waals surface area contributed by atoms with Crippen molar-refractivity contribution in [3.8, 4) is 5.75 Å². The smallest absolute Gasteiger partial charge is 0.254 e. The summed E-state index contributed by atoms with van der Waals surface area (Å²) in [4.78, 5) is 17.7. The summed E-state index contributed by atoms with van der Waals surface area (Å²) in [5, 5.41) is 1.98. The highest BCUT2D eigenvalue weighted by atomic mass is 16.5. The van der Waals surface area contributed by atoms with Crippen LogP contribution >= 0.6 is 0 Å². The van der Waals surface area contributed by atoms with Gasteiger partial charge in [-0.3, -0.25) is 4.79 Å². The van der Waals surface area contributed by atoms with Crippen LogP contribution in [0.25, 0.3) is 10.8 Å². The van der Waals surface area contributed by atoms with Crippen molar-refractivity contribution in [3.05, 3.63) is 42.0 Å². The second-order valence-corrected chi connectivity index (χ2v) is 7.68. The summed E-state index contributed by atoms with van der Waals surface area (Å²) in [6, 6.07) is 11.8. The molecule has 132 valence electrons. The molecular weight excluding hydrogens is 312 g/mol. The number of nitrogens with zero attached hydrogens (tertiary/aromatic N) is 2. The maximum Gasteiger partial charge on any atom is 0.254 e. The molecule has 25 heavy (non-hydrogen) atoms. The summed E-state index contributed by atoms with van der Waals surface area (Å²) >= 11 is 0. The molecule has 0 radical (unpaired) electrons. The monoisotopic (exact) mass is 338 g/mol. The van der Waals surface area contributed by atoms with Gasteiger partial charge in [-0.25, -0.2) is 0 Å². The fourth-order valence-electron chi connectivity index (χ4n) is 4.70. The molecule has 0 bridgehead atoms. The Balaban J connectivity index is 1.63. The SMILES string of the molecule is COc1ccc(C(=O)N2CCC3(CCCN(C)C3)C2)c2ccccc12. The molecule has 4 rings (SSSR count). The number of benzene rings is 2. The van der Waals surface area contributed by atoms with Gasteiger partial charge in [0.1, 0.15) is 5.75 Å². The standard InChI is InChI=1S/C21H26N2O2/c1-22-12-5-10-21(14-22)11-13-23(15-21)20(24)18-8-9-19(25-2)17-7-4-3-6-16(17)18/h3-4,6-9H,5,10-15H2,1-2H3. The van der Waals surface area contributed by atoms with Crippen LogP contribution in [0.15, 0.2) is 36.4 Å². The topological polar surface area (TPSA) is 32.8 Å². The fourth-order valence-corrected chi connectivity index (χ4v) is 4.70. The van der Waals surface area contributed by atoms with E-state index in [2.05, 4.69) is 16.8 Å². The zero-order valence-electron chi connectivity index (χ0n) is 15.1. The van der Waals surface area contributed by atoms with Crippen LogP contribution in [0.3, 0.4) is 0 Å². The van der Waals surface area contributed by atoms with E-state index in [1.54, 1.807) is 7.11 Å². The van der Waals surface area contributed by atoms with E-state index in [0.29, 0.717) is 5.41 Å². The number of likely N-dealkylation sites (tertiary alicyclic amines) is 2. The lowest BCUT2D eigenvalue weighted by molar-refractivity contribution is 0.0724. The minimum absolute atomic E-state index is 0.156. The highest BCUT2D eigenvalue weighted by Crippen LogP contribution is 2.39. The van der Waals surface area contributed by atoms with Gasteiger partial charge in [0.2, 0.25) is 0 Å². The number of hydrogen-bond donors (Lipinski definition) is 0. The molecule has 2 aliphatic heterocycles. The lowest BCUT2D eigenvalue weighted by Crippen LogP contribution is -2.43. The minimum Gasteiger partial charge on any atom is -0.496 e. The third kappa shape index (κ3) is 2.89. The number of carbonyl (C=O) groups is 1. The summed E-state index contributed by atoms with van der Waals surface area (Å²) in [6.07, 6.45) is 3.60. The Morgan fingerprint density at radius 1 is 1.04 bits per heavy atom. The average Bonchev–Trinajstić information content (AvgIpc) is 3.03. The van der Waals surface area contributed by atoms with Gasteiger partial charge in [-0.1, -0.05) is 24.3 Å². The van der Waals surface area contributed by atoms with Gasteiger partial charge in [-0.05, 0) is 50.4 Å². The number of fused-ring (bicyclic) bond motifs is 1. The number of amides is 1. The first-order chi connectivity index (χ1) is 12.1. The van der Waals surface area contributed by atoms with Crippen molar-refractivity contribution >= 4 is 16.7 Å². The van der Waals surface area contributed by atoms with Crippen LogP contribution in [-0.4, -0.2) is 56.0 Å². The van der Waals surface area contributed by atoms with E-state index >= 15 is 0 Å². The molecule has 0 saturated carbocycles. The van der Waals surface area contributed by atoms with Crippen LogP contribution in [-0.2, 0) is 0 Å². The molecule has 4 heteroatoms. The summed E-state index contributed by atoms with van der Waals surface area (Å²) in [5.41, 5.74) is 1.09. The largest absolute Gasteiger partial charge is 0.496 e. The number of methoxy groups -OCH3 is 1. The summed E-state index contributed by atoms with van der Waals surface area (Å²) < 4.78 is 5.46. The molecule has 1 atom stereocenters. The number of hydrogen-bond acceptors (Lipinski definition) is 3. The quantitative estimate of drug-likeness (QED) is 0.841. The molecule has 2 aliphatic rings. The molecule has 0 aliphatic carbocycles. The second kappa shape index (κ2) is 6.34. The number of rotatable bonds is 2. The van der Waals surface area contributed by atoms with Gasteiger partial charge in [-0.2, -0.15) is 0 Å². The van der Waals surface area contributed by atoms with Gasteiger partial charge >= 0.3 is 0 Å². The van der Waals surface area contributed by atoms with Crippen LogP contribution in [0, 0.1) is 5.41 Å². The Hall–Kier alpha value is -2.07. The highest BCUT2D eigenvalue weighted by molar-refractivity contribution is 6.08. The van der Waals surface area contributed by atoms with E-state index in [9.17, 15) is 4.79 Å². The first kappa shape index (κ1) is 16.4. The van der Waals surface area contributed by atoms with Crippen molar-refractivity contribution in [2.24, 2.45) is 5.41 Å². The second-order valence-electron chi connectivity index (χ2n) is 7.68. The molecule has 0 aromatic heterocycles. The normalized spacial score (nSPS) is 24.2. The number of ether oxygens (including phenoxy) is 1. The molecule has 2 fully saturated rings. The van der Waals surface area contributed by atoms with Crippen LogP contribution in [0.2, 0.25) is 0 Å². The van der Waals surface area contributed by atoms with Gasteiger partial charge < -0.3 is 14.5 Å². The molecule has 1 amide bonds. The van der Waals surface area contributed by atoms with Crippen LogP contribution in [0.1, 0.15) is 29.6 Å². The maximum atomic E-state index is 13.2. The molecule has 0 N–H and O–H groups in total. The third-order valence-corrected chi connectivity index (χ3v) is 5.91. The van der Waals surface area contributed by atoms with E-state index in [-0.39, 0.29) is 5.91 Å². The molecule has 1 unspecified atom stereocenters. The molecule has 2 aromatic rings. The van der Waals surface area contributed by atoms with Crippen molar-refractivity contribution in [2.75, 3.05) is 40.3 Å². The van der Waals surface area contributed by atoms with Gasteiger partial charge in [0.15, 0.2) is 0 Å². The third-order valence-electron chi connectivity index (χ3n) is 5.91. The van der Waals surface area contributed by atoms with Crippen LogP contribution < -0.4 is 4.74 Å². The molecular formula is C21H26N2O2. The van der Waals surface area contributed by atoms with Crippen LogP contribution in [0.4, 0.5) is 0 Å². The van der Waals surface area contributed by atoms with Gasteiger partial charge in [0.25, 0.3) is 5.91 Å². The highest BCUT2D eigenvalue weighted by Gasteiger charge is 2.42. The van der Waals surface area contributed by atoms with Crippen molar-refractivity contribution in [1.82, 2.24) is 9.80 Å². The van der Waals surface area contributed by atoms with E-state index in [0.717, 1.165) is 48.1 Å². The summed E-state index contributed by atoms with van der Waals surface area (Å²) in [5.74, 6) is 0.975. The summed E-state index contributed by atoms with van der Waals surface area (Å²) in [6.45, 7) is 4.04. The van der Waals surface area contributed by atoms with E-state index in [1.165, 1.54) is 19.4 Å². The lowest BCUT2D eigenvalue weighted by atomic mass is 9.79. The zero-order chi connectivity index (χ0) is 17.4. The predicted molar refractivity (Wildman–Crippen MR) is 100 cm³/mol. The number of carbonyl (C=O) groups excluding carboxylic acids is 1. The Kier molecular flexibility index (Phi) is 4.16. The first-order valence-corrected chi connectivity index (χ1v) is 9.15. The first-order valence-electron chi connectivity index (χ1n) is 9.15. The van der Waals surface area contributed by atoms with Gasteiger partial charge in [0, 0.05) is 36.0 Å². The number of piperidine rings is 1. The Morgan fingerprint density at radius 2 is 1.84 bits per heavy atom. The average molecular weight is 338 g/mol. The van der Waals surface area contributed by atoms with E-state index in [1.807, 2.05) is 36.4 Å². The van der Waals surface area contributed by atoms with E-state index in [4.69, 9.17) is 4.74 Å². The van der Waals surface area contributed by atoms with Crippen molar-refractivity contribution in [1.29, 1.82) is 0 Å². The Labute approximate surface area is 149 Å². The lowest BCUT2D eigenvalue weighted by Gasteiger charge is -2.38. The van der Waals surface area contributed by atoms with Gasteiger partial charge in [0.05, 0.1) is 7.11 Å².